The molecule has 0 bridgehead atoms. The molecule has 0 aliphatic heterocycles. The lowest BCUT2D eigenvalue weighted by molar-refractivity contribution is -0.140. The Hall–Kier alpha value is -3.07. The van der Waals surface area contributed by atoms with E-state index in [1.807, 2.05) is 58.9 Å². The highest BCUT2D eigenvalue weighted by Gasteiger charge is 2.34. The Morgan fingerprint density at radius 1 is 0.878 bits per heavy atom. The van der Waals surface area contributed by atoms with Crippen LogP contribution in [0.4, 0.5) is 5.69 Å². The molecule has 3 rings (SSSR count). The van der Waals surface area contributed by atoms with Crippen LogP contribution in [-0.2, 0) is 26.2 Å². The average molecular weight is 619 g/mol. The van der Waals surface area contributed by atoms with E-state index in [1.165, 1.54) is 35.2 Å². The molecule has 0 spiro atoms. The van der Waals surface area contributed by atoms with E-state index in [-0.39, 0.29) is 39.1 Å². The van der Waals surface area contributed by atoms with Crippen LogP contribution >= 0.6 is 23.2 Å². The van der Waals surface area contributed by atoms with E-state index >= 15 is 0 Å². The van der Waals surface area contributed by atoms with Crippen molar-refractivity contribution in [2.24, 2.45) is 0 Å². The van der Waals surface area contributed by atoms with Crippen molar-refractivity contribution in [3.05, 3.63) is 93.5 Å². The number of benzene rings is 3. The van der Waals surface area contributed by atoms with Gasteiger partial charge in [0.25, 0.3) is 10.0 Å². The third-order valence-electron chi connectivity index (χ3n) is 6.90. The predicted octanol–water partition coefficient (Wildman–Crippen LogP) is 6.53. The first kappa shape index (κ1) is 32.4. The van der Waals surface area contributed by atoms with Crippen molar-refractivity contribution in [1.82, 2.24) is 10.2 Å². The fourth-order valence-corrected chi connectivity index (χ4v) is 6.07. The Morgan fingerprint density at radius 2 is 1.56 bits per heavy atom. The summed E-state index contributed by atoms with van der Waals surface area (Å²) in [5.41, 5.74) is 2.91. The summed E-state index contributed by atoms with van der Waals surface area (Å²) in [7, 11) is -4.20. The summed E-state index contributed by atoms with van der Waals surface area (Å²) in [6.45, 7) is 9.08. The normalized spacial score (nSPS) is 12.9. The molecule has 41 heavy (non-hydrogen) atoms. The van der Waals surface area contributed by atoms with E-state index in [0.717, 1.165) is 27.4 Å². The minimum atomic E-state index is -4.20. The fourth-order valence-electron chi connectivity index (χ4n) is 4.37. The molecule has 0 heterocycles. The lowest BCUT2D eigenvalue weighted by Crippen LogP contribution is -2.53. The van der Waals surface area contributed by atoms with Crippen molar-refractivity contribution in [2.75, 3.05) is 10.8 Å². The van der Waals surface area contributed by atoms with Crippen molar-refractivity contribution in [2.45, 2.75) is 71.0 Å². The number of rotatable bonds is 12. The first-order valence-corrected chi connectivity index (χ1v) is 15.8. The number of amides is 2. The van der Waals surface area contributed by atoms with Crippen molar-refractivity contribution in [3.8, 4) is 0 Å². The van der Waals surface area contributed by atoms with Crippen LogP contribution in [0.1, 0.15) is 50.3 Å². The van der Waals surface area contributed by atoms with E-state index < -0.39 is 28.5 Å². The van der Waals surface area contributed by atoms with Crippen molar-refractivity contribution >= 4 is 50.7 Å². The Labute approximate surface area is 253 Å². The van der Waals surface area contributed by atoms with Crippen molar-refractivity contribution < 1.29 is 18.0 Å². The van der Waals surface area contributed by atoms with Gasteiger partial charge in [-0.2, -0.15) is 0 Å². The predicted molar refractivity (Wildman–Crippen MR) is 166 cm³/mol. The van der Waals surface area contributed by atoms with Crippen LogP contribution in [-0.4, -0.2) is 43.8 Å². The van der Waals surface area contributed by atoms with Crippen LogP contribution in [0.2, 0.25) is 10.0 Å². The van der Waals surface area contributed by atoms with Gasteiger partial charge in [0, 0.05) is 12.6 Å². The molecule has 0 fully saturated rings. The van der Waals surface area contributed by atoms with Crippen LogP contribution in [0.25, 0.3) is 0 Å². The topological polar surface area (TPSA) is 86.8 Å². The number of carbonyl (C=O) groups excluding carboxylic acids is 2. The Bertz CT molecular complexity index is 1480. The minimum absolute atomic E-state index is 0.0220. The maximum Gasteiger partial charge on any atom is 0.264 e. The van der Waals surface area contributed by atoms with Crippen LogP contribution in [0.3, 0.4) is 0 Å². The summed E-state index contributed by atoms with van der Waals surface area (Å²) in [5, 5.41) is 3.38. The SMILES string of the molecule is CCC(C)NC(=O)C(CC)N(Cc1cccc(C)c1)C(=O)CN(c1ccc(Cl)c(Cl)c1)S(=O)(=O)c1ccc(C)cc1. The lowest BCUT2D eigenvalue weighted by atomic mass is 10.1. The molecule has 0 aromatic heterocycles. The maximum absolute atomic E-state index is 14.1. The molecule has 7 nitrogen and oxygen atoms in total. The molecule has 2 unspecified atom stereocenters. The Kier molecular flexibility index (Phi) is 11.2. The Morgan fingerprint density at radius 3 is 2.15 bits per heavy atom. The second kappa shape index (κ2) is 14.2. The minimum Gasteiger partial charge on any atom is -0.352 e. The quantitative estimate of drug-likeness (QED) is 0.250. The smallest absolute Gasteiger partial charge is 0.264 e. The van der Waals surface area contributed by atoms with Crippen LogP contribution in [0.5, 0.6) is 0 Å². The molecule has 0 aliphatic carbocycles. The zero-order valence-corrected chi connectivity index (χ0v) is 26.4. The molecule has 0 saturated heterocycles. The third-order valence-corrected chi connectivity index (χ3v) is 9.43. The lowest BCUT2D eigenvalue weighted by Gasteiger charge is -2.34. The number of hydrogen-bond donors (Lipinski definition) is 1. The monoisotopic (exact) mass is 617 g/mol. The number of carbonyl (C=O) groups is 2. The largest absolute Gasteiger partial charge is 0.352 e. The van der Waals surface area contributed by atoms with E-state index in [1.54, 1.807) is 12.1 Å². The molecule has 3 aromatic carbocycles. The highest BCUT2D eigenvalue weighted by atomic mass is 35.5. The summed E-state index contributed by atoms with van der Waals surface area (Å²) in [6, 6.07) is 17.6. The number of anilines is 1. The molecular formula is C31H37Cl2N3O4S. The molecular weight excluding hydrogens is 581 g/mol. The first-order chi connectivity index (χ1) is 19.4. The molecule has 0 aliphatic rings. The number of aryl methyl sites for hydroxylation is 2. The molecule has 2 atom stereocenters. The number of hydrogen-bond acceptors (Lipinski definition) is 4. The molecule has 0 saturated carbocycles. The van der Waals surface area contributed by atoms with Gasteiger partial charge in [0.1, 0.15) is 12.6 Å². The summed E-state index contributed by atoms with van der Waals surface area (Å²) in [4.78, 5) is 29.0. The van der Waals surface area contributed by atoms with Crippen molar-refractivity contribution in [3.63, 3.8) is 0 Å². The Balaban J connectivity index is 2.09. The van der Waals surface area contributed by atoms with Gasteiger partial charge in [-0.25, -0.2) is 8.42 Å². The van der Waals surface area contributed by atoms with Gasteiger partial charge in [0.05, 0.1) is 20.6 Å². The van der Waals surface area contributed by atoms with E-state index in [9.17, 15) is 18.0 Å². The third kappa shape index (κ3) is 8.24. The van der Waals surface area contributed by atoms with Gasteiger partial charge in [0.2, 0.25) is 11.8 Å². The summed E-state index contributed by atoms with van der Waals surface area (Å²) in [5.74, 6) is -0.815. The van der Waals surface area contributed by atoms with Crippen LogP contribution in [0.15, 0.2) is 71.6 Å². The molecule has 3 aromatic rings. The van der Waals surface area contributed by atoms with Gasteiger partial charge in [-0.3, -0.25) is 13.9 Å². The molecule has 1 N–H and O–H groups in total. The number of halogens is 2. The highest BCUT2D eigenvalue weighted by Crippen LogP contribution is 2.31. The first-order valence-electron chi connectivity index (χ1n) is 13.6. The molecule has 10 heteroatoms. The van der Waals surface area contributed by atoms with Crippen LogP contribution < -0.4 is 9.62 Å². The standard InChI is InChI=1S/C31H37Cl2N3O4S/c1-6-23(5)34-31(38)29(7-2)35(19-24-10-8-9-22(4)17-24)30(37)20-36(25-13-16-27(32)28(33)18-25)41(39,40)26-14-11-21(3)12-15-26/h8-18,23,29H,6-7,19-20H2,1-5H3,(H,34,38). The molecule has 0 radical (unpaired) electrons. The van der Waals surface area contributed by atoms with E-state index in [2.05, 4.69) is 5.32 Å². The van der Waals surface area contributed by atoms with Gasteiger partial charge < -0.3 is 10.2 Å². The summed E-state index contributed by atoms with van der Waals surface area (Å²) < 4.78 is 28.9. The van der Waals surface area contributed by atoms with E-state index in [4.69, 9.17) is 23.2 Å². The highest BCUT2D eigenvalue weighted by molar-refractivity contribution is 7.92. The van der Waals surface area contributed by atoms with Crippen LogP contribution in [0, 0.1) is 13.8 Å². The van der Waals surface area contributed by atoms with Gasteiger partial charge >= 0.3 is 0 Å². The van der Waals surface area contributed by atoms with Gasteiger partial charge in [-0.05, 0) is 69.5 Å². The summed E-state index contributed by atoms with van der Waals surface area (Å²) in [6.07, 6.45) is 1.07. The van der Waals surface area contributed by atoms with Crippen molar-refractivity contribution in [1.29, 1.82) is 0 Å². The zero-order chi connectivity index (χ0) is 30.3. The number of sulfonamides is 1. The molecule has 2 amide bonds. The summed E-state index contributed by atoms with van der Waals surface area (Å²) >= 11 is 12.4. The zero-order valence-electron chi connectivity index (χ0n) is 24.0. The van der Waals surface area contributed by atoms with Gasteiger partial charge in [0.15, 0.2) is 0 Å². The van der Waals surface area contributed by atoms with Gasteiger partial charge in [-0.15, -0.1) is 0 Å². The maximum atomic E-state index is 14.1. The fraction of sp³-hybridized carbons (Fsp3) is 0.355. The molecule has 220 valence electrons. The average Bonchev–Trinajstić information content (AvgIpc) is 2.93. The van der Waals surface area contributed by atoms with Gasteiger partial charge in [-0.1, -0.05) is 84.6 Å². The number of nitrogens with zero attached hydrogens (tertiary/aromatic N) is 2. The van der Waals surface area contributed by atoms with E-state index in [0.29, 0.717) is 6.42 Å². The number of nitrogens with one attached hydrogen (secondary N) is 1. The second-order valence-electron chi connectivity index (χ2n) is 10.2. The second-order valence-corrected chi connectivity index (χ2v) is 12.9.